The van der Waals surface area contributed by atoms with Gasteiger partial charge in [-0.05, 0) is 24.4 Å². The van der Waals surface area contributed by atoms with Crippen LogP contribution in [-0.4, -0.2) is 49.5 Å². The molecule has 0 unspecified atom stereocenters. The number of nitrogen functional groups attached to an aromatic ring is 1. The molecule has 0 spiro atoms. The Kier molecular flexibility index (Phi) is 5.32. The van der Waals surface area contributed by atoms with Crippen LogP contribution in [0.4, 0.5) is 10.8 Å². The predicted octanol–water partition coefficient (Wildman–Crippen LogP) is 0.160. The average Bonchev–Trinajstić information content (AvgIpc) is 2.66. The summed E-state index contributed by atoms with van der Waals surface area (Å²) in [6.07, 6.45) is 1.41. The number of rotatable bonds is 7. The number of aliphatic hydroxyl groups excluding tert-OH is 1. The smallest absolute Gasteiger partial charge is 0.249 e. The number of nitrogens with two attached hydrogens (primary N) is 1. The van der Waals surface area contributed by atoms with Crippen molar-refractivity contribution >= 4 is 32.4 Å². The molecule has 0 saturated carbocycles. The zero-order chi connectivity index (χ0) is 13.8. The van der Waals surface area contributed by atoms with Crippen molar-refractivity contribution in [2.75, 3.05) is 38.3 Å². The van der Waals surface area contributed by atoms with Gasteiger partial charge in [0.1, 0.15) is 5.00 Å². The Labute approximate surface area is 111 Å². The molecular formula is C9H18N4O3S2. The Morgan fingerprint density at radius 3 is 2.67 bits per heavy atom. The van der Waals surface area contributed by atoms with E-state index in [-0.39, 0.29) is 17.3 Å². The second-order valence-electron chi connectivity index (χ2n) is 3.87. The summed E-state index contributed by atoms with van der Waals surface area (Å²) in [6.45, 7) is 0.688. The monoisotopic (exact) mass is 294 g/mol. The number of hydrogen-bond acceptors (Lipinski definition) is 7. The van der Waals surface area contributed by atoms with Crippen molar-refractivity contribution in [3.63, 3.8) is 0 Å². The minimum absolute atomic E-state index is 0.0124. The van der Waals surface area contributed by atoms with E-state index in [0.717, 1.165) is 22.3 Å². The normalized spacial score (nSPS) is 12.0. The van der Waals surface area contributed by atoms with Crippen LogP contribution in [-0.2, 0) is 10.0 Å². The fraction of sp³-hybridized carbons (Fsp3) is 0.667. The van der Waals surface area contributed by atoms with Crippen molar-refractivity contribution in [3.8, 4) is 0 Å². The quantitative estimate of drug-likeness (QED) is 0.618. The van der Waals surface area contributed by atoms with E-state index in [0.29, 0.717) is 18.0 Å². The maximum Gasteiger partial charge on any atom is 0.249 e. The Hall–Kier alpha value is -0.900. The molecule has 18 heavy (non-hydrogen) atoms. The molecule has 0 radical (unpaired) electrons. The van der Waals surface area contributed by atoms with Crippen LogP contribution in [0.1, 0.15) is 12.8 Å². The molecule has 1 heterocycles. The van der Waals surface area contributed by atoms with Gasteiger partial charge in [-0.15, -0.1) is 0 Å². The van der Waals surface area contributed by atoms with Crippen LogP contribution >= 0.6 is 11.5 Å². The summed E-state index contributed by atoms with van der Waals surface area (Å²) >= 11 is 1.02. The SMILES string of the molecule is CN(C)S(=O)(=O)c1c(N)nsc1NCCCCO. The summed E-state index contributed by atoms with van der Waals surface area (Å²) in [4.78, 5) is 0.0292. The van der Waals surface area contributed by atoms with E-state index < -0.39 is 10.0 Å². The van der Waals surface area contributed by atoms with E-state index in [4.69, 9.17) is 10.8 Å². The molecule has 4 N–H and O–H groups in total. The summed E-state index contributed by atoms with van der Waals surface area (Å²) in [5.41, 5.74) is 5.61. The largest absolute Gasteiger partial charge is 0.396 e. The van der Waals surface area contributed by atoms with Gasteiger partial charge in [0, 0.05) is 27.2 Å². The number of aliphatic hydroxyl groups is 1. The summed E-state index contributed by atoms with van der Waals surface area (Å²) in [7, 11) is -0.700. The average molecular weight is 294 g/mol. The van der Waals surface area contributed by atoms with Crippen molar-refractivity contribution in [1.29, 1.82) is 0 Å². The second kappa shape index (κ2) is 6.32. The van der Waals surface area contributed by atoms with Gasteiger partial charge in [0.05, 0.1) is 0 Å². The molecule has 0 saturated heterocycles. The molecule has 0 aliphatic heterocycles. The van der Waals surface area contributed by atoms with Crippen molar-refractivity contribution in [3.05, 3.63) is 0 Å². The summed E-state index contributed by atoms with van der Waals surface area (Å²) in [5, 5.41) is 12.1. The first-order valence-corrected chi connectivity index (χ1v) is 7.65. The standard InChI is InChI=1S/C9H18N4O3S2/c1-13(2)18(15,16)7-8(10)12-17-9(7)11-5-3-4-6-14/h11,14H,3-6H2,1-2H3,(H2,10,12). The van der Waals surface area contributed by atoms with Crippen LogP contribution in [0.3, 0.4) is 0 Å². The zero-order valence-corrected chi connectivity index (χ0v) is 12.0. The van der Waals surface area contributed by atoms with Crippen molar-refractivity contribution in [2.45, 2.75) is 17.7 Å². The molecule has 1 aromatic rings. The lowest BCUT2D eigenvalue weighted by Crippen LogP contribution is -2.23. The Morgan fingerprint density at radius 2 is 2.11 bits per heavy atom. The van der Waals surface area contributed by atoms with Crippen molar-refractivity contribution in [1.82, 2.24) is 8.68 Å². The van der Waals surface area contributed by atoms with Crippen LogP contribution in [0.15, 0.2) is 4.90 Å². The highest BCUT2D eigenvalue weighted by Crippen LogP contribution is 2.32. The van der Waals surface area contributed by atoms with Gasteiger partial charge in [-0.3, -0.25) is 0 Å². The van der Waals surface area contributed by atoms with Crippen LogP contribution in [0.5, 0.6) is 0 Å². The highest BCUT2D eigenvalue weighted by molar-refractivity contribution is 7.89. The molecule has 7 nitrogen and oxygen atoms in total. The van der Waals surface area contributed by atoms with Gasteiger partial charge in [0.25, 0.3) is 0 Å². The highest BCUT2D eigenvalue weighted by atomic mass is 32.2. The number of nitrogens with zero attached hydrogens (tertiary/aromatic N) is 2. The zero-order valence-electron chi connectivity index (χ0n) is 10.4. The van der Waals surface area contributed by atoms with Crippen LogP contribution in [0, 0.1) is 0 Å². The van der Waals surface area contributed by atoms with E-state index in [1.807, 2.05) is 0 Å². The lowest BCUT2D eigenvalue weighted by molar-refractivity contribution is 0.286. The minimum Gasteiger partial charge on any atom is -0.396 e. The lowest BCUT2D eigenvalue weighted by Gasteiger charge is -2.12. The van der Waals surface area contributed by atoms with Crippen LogP contribution in [0.2, 0.25) is 0 Å². The third-order valence-corrected chi connectivity index (χ3v) is 5.12. The highest BCUT2D eigenvalue weighted by Gasteiger charge is 2.27. The molecule has 1 aromatic heterocycles. The molecule has 1 rings (SSSR count). The molecule has 0 atom stereocenters. The van der Waals surface area contributed by atoms with Crippen molar-refractivity contribution < 1.29 is 13.5 Å². The third kappa shape index (κ3) is 3.31. The molecule has 0 aliphatic carbocycles. The molecular weight excluding hydrogens is 276 g/mol. The van der Waals surface area contributed by atoms with Gasteiger partial charge >= 0.3 is 0 Å². The van der Waals surface area contributed by atoms with Crippen LogP contribution < -0.4 is 11.1 Å². The van der Waals surface area contributed by atoms with Gasteiger partial charge in [-0.1, -0.05) is 0 Å². The summed E-state index contributed by atoms with van der Waals surface area (Å²) < 4.78 is 29.1. The van der Waals surface area contributed by atoms with Crippen molar-refractivity contribution in [2.24, 2.45) is 0 Å². The maximum atomic E-state index is 12.1. The molecule has 9 heteroatoms. The first-order valence-electron chi connectivity index (χ1n) is 5.43. The molecule has 0 aromatic carbocycles. The minimum atomic E-state index is -3.59. The van der Waals surface area contributed by atoms with E-state index in [9.17, 15) is 8.42 Å². The first kappa shape index (κ1) is 15.2. The van der Waals surface area contributed by atoms with Gasteiger partial charge in [0.15, 0.2) is 10.7 Å². The summed E-state index contributed by atoms with van der Waals surface area (Å²) in [6, 6.07) is 0. The number of unbranched alkanes of at least 4 members (excludes halogenated alkanes) is 1. The fourth-order valence-electron chi connectivity index (χ4n) is 1.28. The Morgan fingerprint density at radius 1 is 1.44 bits per heavy atom. The van der Waals surface area contributed by atoms with Crippen LogP contribution in [0.25, 0.3) is 0 Å². The number of aromatic nitrogens is 1. The summed E-state index contributed by atoms with van der Waals surface area (Å²) in [5.74, 6) is 0.0124. The number of sulfonamides is 1. The number of nitrogens with one attached hydrogen (secondary N) is 1. The Bertz CT molecular complexity index is 484. The van der Waals surface area contributed by atoms with Gasteiger partial charge < -0.3 is 16.2 Å². The molecule has 0 amide bonds. The van der Waals surface area contributed by atoms with Gasteiger partial charge in [-0.25, -0.2) is 12.7 Å². The van der Waals surface area contributed by atoms with Gasteiger partial charge in [-0.2, -0.15) is 4.37 Å². The molecule has 0 aliphatic rings. The van der Waals surface area contributed by atoms with E-state index in [1.165, 1.54) is 14.1 Å². The molecule has 104 valence electrons. The predicted molar refractivity (Wildman–Crippen MR) is 72.2 cm³/mol. The van der Waals surface area contributed by atoms with E-state index in [1.54, 1.807) is 0 Å². The fourth-order valence-corrected chi connectivity index (χ4v) is 3.38. The first-order chi connectivity index (χ1) is 8.41. The topological polar surface area (TPSA) is 109 Å². The van der Waals surface area contributed by atoms with E-state index >= 15 is 0 Å². The molecule has 0 fully saturated rings. The molecule has 0 bridgehead atoms. The number of hydrogen-bond donors (Lipinski definition) is 3. The third-order valence-electron chi connectivity index (χ3n) is 2.28. The lowest BCUT2D eigenvalue weighted by atomic mass is 10.3. The second-order valence-corrected chi connectivity index (χ2v) is 6.73. The Balaban J connectivity index is 2.89. The maximum absolute atomic E-state index is 12.1. The van der Waals surface area contributed by atoms with Gasteiger partial charge in [0.2, 0.25) is 10.0 Å². The number of anilines is 2. The van der Waals surface area contributed by atoms with E-state index in [2.05, 4.69) is 9.69 Å².